The number of halogens is 1. The van der Waals surface area contributed by atoms with E-state index in [4.69, 9.17) is 4.74 Å². The Bertz CT molecular complexity index is 1300. The zero-order chi connectivity index (χ0) is 22.0. The fourth-order valence-electron chi connectivity index (χ4n) is 3.25. The first-order chi connectivity index (χ1) is 15.0. The van der Waals surface area contributed by atoms with Crippen LogP contribution in [-0.2, 0) is 4.74 Å². The van der Waals surface area contributed by atoms with Crippen LogP contribution >= 0.6 is 0 Å². The van der Waals surface area contributed by atoms with Crippen molar-refractivity contribution in [2.75, 3.05) is 11.9 Å². The fourth-order valence-corrected chi connectivity index (χ4v) is 3.25. The SMILES string of the molecule is CCOC(=O)c1cnn(-c2cc(C)c3ccccc3n2)c1NC(=O)c1cccc(F)c1. The van der Waals surface area contributed by atoms with Crippen molar-refractivity contribution in [2.24, 2.45) is 0 Å². The third-order valence-electron chi connectivity index (χ3n) is 4.71. The van der Waals surface area contributed by atoms with Crippen molar-refractivity contribution in [1.29, 1.82) is 0 Å². The third-order valence-corrected chi connectivity index (χ3v) is 4.71. The summed E-state index contributed by atoms with van der Waals surface area (Å²) in [6.07, 6.45) is 1.31. The number of esters is 1. The van der Waals surface area contributed by atoms with Crippen molar-refractivity contribution in [3.63, 3.8) is 0 Å². The quantitative estimate of drug-likeness (QED) is 0.489. The molecule has 8 heteroatoms. The average Bonchev–Trinajstić information content (AvgIpc) is 3.17. The smallest absolute Gasteiger partial charge is 0.343 e. The maximum Gasteiger partial charge on any atom is 0.343 e. The average molecular weight is 418 g/mol. The van der Waals surface area contributed by atoms with Crippen LogP contribution in [0.1, 0.15) is 33.2 Å². The number of hydrogen-bond acceptors (Lipinski definition) is 5. The van der Waals surface area contributed by atoms with Crippen LogP contribution in [0.5, 0.6) is 0 Å². The van der Waals surface area contributed by atoms with Gasteiger partial charge in [-0.1, -0.05) is 24.3 Å². The highest BCUT2D eigenvalue weighted by molar-refractivity contribution is 6.07. The molecule has 31 heavy (non-hydrogen) atoms. The Hall–Kier alpha value is -4.07. The normalized spacial score (nSPS) is 10.8. The summed E-state index contributed by atoms with van der Waals surface area (Å²) < 4.78 is 20.0. The number of rotatable bonds is 5. The predicted molar refractivity (Wildman–Crippen MR) is 114 cm³/mol. The van der Waals surface area contributed by atoms with E-state index >= 15 is 0 Å². The lowest BCUT2D eigenvalue weighted by atomic mass is 10.1. The van der Waals surface area contributed by atoms with E-state index in [9.17, 15) is 14.0 Å². The number of aromatic nitrogens is 3. The molecule has 0 unspecified atom stereocenters. The van der Waals surface area contributed by atoms with Gasteiger partial charge in [-0.05, 0) is 49.7 Å². The molecule has 4 rings (SSSR count). The summed E-state index contributed by atoms with van der Waals surface area (Å²) >= 11 is 0. The van der Waals surface area contributed by atoms with Crippen LogP contribution in [0.4, 0.5) is 10.2 Å². The molecule has 0 aliphatic rings. The first kappa shape index (κ1) is 20.2. The standard InChI is InChI=1S/C23H19FN4O3/c1-3-31-23(30)18-13-25-28(20-11-14(2)17-9-4-5-10-19(17)26-20)21(18)27-22(29)15-7-6-8-16(24)12-15/h4-13H,3H2,1-2H3,(H,27,29). The number of carbonyl (C=O) groups is 2. The number of aryl methyl sites for hydroxylation is 1. The van der Waals surface area contributed by atoms with Gasteiger partial charge in [0, 0.05) is 10.9 Å². The number of anilines is 1. The highest BCUT2D eigenvalue weighted by Gasteiger charge is 2.23. The van der Waals surface area contributed by atoms with Crippen molar-refractivity contribution < 1.29 is 18.7 Å². The minimum absolute atomic E-state index is 0.0687. The van der Waals surface area contributed by atoms with Crippen LogP contribution in [0, 0.1) is 12.7 Å². The van der Waals surface area contributed by atoms with Gasteiger partial charge in [-0.25, -0.2) is 14.2 Å². The maximum absolute atomic E-state index is 13.6. The summed E-state index contributed by atoms with van der Waals surface area (Å²) in [5.74, 6) is -1.26. The van der Waals surface area contributed by atoms with Crippen molar-refractivity contribution >= 4 is 28.6 Å². The molecule has 2 aromatic heterocycles. The van der Waals surface area contributed by atoms with E-state index in [0.29, 0.717) is 5.82 Å². The zero-order valence-corrected chi connectivity index (χ0v) is 16.9. The van der Waals surface area contributed by atoms with Gasteiger partial charge in [-0.2, -0.15) is 9.78 Å². The molecule has 4 aromatic rings. The molecule has 0 fully saturated rings. The van der Waals surface area contributed by atoms with E-state index in [2.05, 4.69) is 15.4 Å². The molecular formula is C23H19FN4O3. The number of benzene rings is 2. The van der Waals surface area contributed by atoms with Gasteiger partial charge in [0.2, 0.25) is 0 Å². The Labute approximate surface area is 177 Å². The number of pyridine rings is 1. The number of nitrogens with one attached hydrogen (secondary N) is 1. The highest BCUT2D eigenvalue weighted by Crippen LogP contribution is 2.25. The van der Waals surface area contributed by atoms with Gasteiger partial charge < -0.3 is 10.1 Å². The number of ether oxygens (including phenoxy) is 1. The van der Waals surface area contributed by atoms with Crippen LogP contribution in [0.25, 0.3) is 16.7 Å². The number of hydrogen-bond donors (Lipinski definition) is 1. The topological polar surface area (TPSA) is 86.1 Å². The summed E-state index contributed by atoms with van der Waals surface area (Å²) in [6.45, 7) is 3.78. The number of amides is 1. The molecule has 7 nitrogen and oxygen atoms in total. The Morgan fingerprint density at radius 3 is 2.71 bits per heavy atom. The third kappa shape index (κ3) is 4.00. The second-order valence-electron chi connectivity index (χ2n) is 6.82. The highest BCUT2D eigenvalue weighted by atomic mass is 19.1. The van der Waals surface area contributed by atoms with E-state index < -0.39 is 17.7 Å². The molecule has 0 bridgehead atoms. The van der Waals surface area contributed by atoms with E-state index in [1.54, 1.807) is 6.92 Å². The van der Waals surface area contributed by atoms with Gasteiger partial charge >= 0.3 is 5.97 Å². The summed E-state index contributed by atoms with van der Waals surface area (Å²) in [5, 5.41) is 7.91. The van der Waals surface area contributed by atoms with Gasteiger partial charge in [-0.15, -0.1) is 0 Å². The molecule has 0 aliphatic heterocycles. The molecule has 156 valence electrons. The summed E-state index contributed by atoms with van der Waals surface area (Å²) in [7, 11) is 0. The zero-order valence-electron chi connectivity index (χ0n) is 16.9. The lowest BCUT2D eigenvalue weighted by molar-refractivity contribution is 0.0527. The lowest BCUT2D eigenvalue weighted by Gasteiger charge is -2.12. The van der Waals surface area contributed by atoms with Crippen molar-refractivity contribution in [1.82, 2.24) is 14.8 Å². The molecule has 0 atom stereocenters. The molecule has 1 amide bonds. The molecule has 0 aliphatic carbocycles. The van der Waals surface area contributed by atoms with Gasteiger partial charge in [0.15, 0.2) is 11.6 Å². The van der Waals surface area contributed by atoms with Gasteiger partial charge in [0.05, 0.1) is 18.3 Å². The first-order valence-electron chi connectivity index (χ1n) is 9.66. The van der Waals surface area contributed by atoms with Crippen LogP contribution in [-0.4, -0.2) is 33.2 Å². The van der Waals surface area contributed by atoms with E-state index in [1.165, 1.54) is 29.1 Å². The Kier molecular flexibility index (Phi) is 5.44. The first-order valence-corrected chi connectivity index (χ1v) is 9.66. The molecule has 1 N–H and O–H groups in total. The minimum Gasteiger partial charge on any atom is -0.462 e. The number of nitrogens with zero attached hydrogens (tertiary/aromatic N) is 3. The molecule has 0 spiro atoms. The predicted octanol–water partition coefficient (Wildman–Crippen LogP) is 4.30. The van der Waals surface area contributed by atoms with Gasteiger partial charge in [-0.3, -0.25) is 4.79 Å². The van der Waals surface area contributed by atoms with E-state index in [0.717, 1.165) is 22.5 Å². The molecule has 0 radical (unpaired) electrons. The number of fused-ring (bicyclic) bond motifs is 1. The lowest BCUT2D eigenvalue weighted by Crippen LogP contribution is -2.18. The van der Waals surface area contributed by atoms with Gasteiger partial charge in [0.1, 0.15) is 11.4 Å². The molecule has 2 heterocycles. The number of carbonyl (C=O) groups excluding carboxylic acids is 2. The summed E-state index contributed by atoms with van der Waals surface area (Å²) in [5.41, 5.74) is 1.87. The molecular weight excluding hydrogens is 399 g/mol. The van der Waals surface area contributed by atoms with Crippen molar-refractivity contribution in [2.45, 2.75) is 13.8 Å². The monoisotopic (exact) mass is 418 g/mol. The van der Waals surface area contributed by atoms with Crippen LogP contribution in [0.3, 0.4) is 0 Å². The van der Waals surface area contributed by atoms with E-state index in [-0.39, 0.29) is 23.6 Å². The van der Waals surface area contributed by atoms with Crippen molar-refractivity contribution in [3.8, 4) is 5.82 Å². The van der Waals surface area contributed by atoms with Crippen LogP contribution < -0.4 is 5.32 Å². The van der Waals surface area contributed by atoms with Crippen LogP contribution in [0.15, 0.2) is 60.8 Å². The van der Waals surface area contributed by atoms with E-state index in [1.807, 2.05) is 37.3 Å². The van der Waals surface area contributed by atoms with Crippen LogP contribution in [0.2, 0.25) is 0 Å². The largest absolute Gasteiger partial charge is 0.462 e. The molecule has 0 saturated heterocycles. The maximum atomic E-state index is 13.6. The summed E-state index contributed by atoms with van der Waals surface area (Å²) in [4.78, 5) is 29.8. The molecule has 2 aromatic carbocycles. The fraction of sp³-hybridized carbons (Fsp3) is 0.130. The second kappa shape index (κ2) is 8.35. The Morgan fingerprint density at radius 2 is 1.94 bits per heavy atom. The summed E-state index contributed by atoms with van der Waals surface area (Å²) in [6, 6.07) is 14.7. The second-order valence-corrected chi connectivity index (χ2v) is 6.82. The van der Waals surface area contributed by atoms with Gasteiger partial charge in [0.25, 0.3) is 5.91 Å². The minimum atomic E-state index is -0.638. The molecule has 0 saturated carbocycles. The Morgan fingerprint density at radius 1 is 1.13 bits per heavy atom. The van der Waals surface area contributed by atoms with Crippen molar-refractivity contribution in [3.05, 3.63) is 83.3 Å². The number of para-hydroxylation sites is 1. The Balaban J connectivity index is 1.82.